The van der Waals surface area contributed by atoms with Gasteiger partial charge >= 0.3 is 0 Å². The molecule has 0 bridgehead atoms. The van der Waals surface area contributed by atoms with Crippen molar-refractivity contribution >= 4 is 28.4 Å². The smallest absolute Gasteiger partial charge is 0.262 e. The summed E-state index contributed by atoms with van der Waals surface area (Å²) in [6.07, 6.45) is 1.08. The van der Waals surface area contributed by atoms with E-state index in [1.54, 1.807) is 0 Å². The van der Waals surface area contributed by atoms with Crippen molar-refractivity contribution in [2.24, 2.45) is 0 Å². The Morgan fingerprint density at radius 1 is 1.10 bits per heavy atom. The molecule has 2 N–H and O–H groups in total. The minimum absolute atomic E-state index is 0.0431. The van der Waals surface area contributed by atoms with Crippen LogP contribution >= 0.6 is 0 Å². The van der Waals surface area contributed by atoms with Gasteiger partial charge in [-0.25, -0.2) is 9.97 Å². The molecular formula is C23H27N5O2. The molecule has 7 heteroatoms. The third kappa shape index (κ3) is 4.86. The molecule has 4 rings (SSSR count). The average Bonchev–Trinajstić information content (AvgIpc) is 3.03. The Morgan fingerprint density at radius 2 is 1.93 bits per heavy atom. The SMILES string of the molecule is Cc1ccc(OCC(=O)Nc2ccc3nc(N4CCCNCC4)nc(C)c3c2)cc1. The van der Waals surface area contributed by atoms with Crippen molar-refractivity contribution in [3.05, 3.63) is 53.7 Å². The van der Waals surface area contributed by atoms with Gasteiger partial charge < -0.3 is 20.3 Å². The van der Waals surface area contributed by atoms with Gasteiger partial charge in [0.05, 0.1) is 11.2 Å². The number of benzene rings is 2. The van der Waals surface area contributed by atoms with Gasteiger partial charge in [-0.05, 0) is 57.1 Å². The summed E-state index contributed by atoms with van der Waals surface area (Å²) in [6.45, 7) is 7.77. The molecule has 1 amide bonds. The minimum atomic E-state index is -0.206. The van der Waals surface area contributed by atoms with Crippen LogP contribution < -0.4 is 20.3 Å². The monoisotopic (exact) mass is 405 g/mol. The number of hydrogen-bond donors (Lipinski definition) is 2. The van der Waals surface area contributed by atoms with Gasteiger partial charge in [-0.2, -0.15) is 0 Å². The average molecular weight is 406 g/mol. The van der Waals surface area contributed by atoms with E-state index in [0.29, 0.717) is 11.4 Å². The maximum absolute atomic E-state index is 12.3. The standard InChI is InChI=1S/C23H27N5O2/c1-16-4-7-19(8-5-16)30-15-22(29)26-18-6-9-21-20(14-18)17(2)25-23(27-21)28-12-3-10-24-11-13-28/h4-9,14,24H,3,10-13,15H2,1-2H3,(H,26,29). The molecule has 3 aromatic rings. The van der Waals surface area contributed by atoms with E-state index in [2.05, 4.69) is 15.5 Å². The lowest BCUT2D eigenvalue weighted by atomic mass is 10.1. The summed E-state index contributed by atoms with van der Waals surface area (Å²) in [6, 6.07) is 13.3. The number of fused-ring (bicyclic) bond motifs is 1. The van der Waals surface area contributed by atoms with Gasteiger partial charge in [0.25, 0.3) is 5.91 Å². The van der Waals surface area contributed by atoms with E-state index in [1.807, 2.05) is 56.3 Å². The zero-order valence-electron chi connectivity index (χ0n) is 17.4. The van der Waals surface area contributed by atoms with Crippen LogP contribution in [-0.4, -0.2) is 48.7 Å². The number of nitrogens with zero attached hydrogens (tertiary/aromatic N) is 3. The van der Waals surface area contributed by atoms with Crippen molar-refractivity contribution in [1.29, 1.82) is 0 Å². The molecule has 0 aliphatic carbocycles. The highest BCUT2D eigenvalue weighted by Crippen LogP contribution is 2.23. The highest BCUT2D eigenvalue weighted by molar-refractivity contribution is 5.95. The largest absolute Gasteiger partial charge is 0.484 e. The van der Waals surface area contributed by atoms with Crippen molar-refractivity contribution in [1.82, 2.24) is 15.3 Å². The number of aryl methyl sites for hydroxylation is 2. The number of hydrogen-bond acceptors (Lipinski definition) is 6. The first-order chi connectivity index (χ1) is 14.6. The summed E-state index contributed by atoms with van der Waals surface area (Å²) in [7, 11) is 0. The second kappa shape index (κ2) is 9.09. The zero-order valence-corrected chi connectivity index (χ0v) is 17.4. The molecule has 1 aliphatic rings. The maximum atomic E-state index is 12.3. The van der Waals surface area contributed by atoms with Gasteiger partial charge in [-0.3, -0.25) is 4.79 Å². The van der Waals surface area contributed by atoms with Gasteiger partial charge in [0.15, 0.2) is 6.61 Å². The van der Waals surface area contributed by atoms with Crippen LogP contribution in [0.3, 0.4) is 0 Å². The number of nitrogens with one attached hydrogen (secondary N) is 2. The van der Waals surface area contributed by atoms with Crippen LogP contribution in [0.25, 0.3) is 10.9 Å². The first kappa shape index (κ1) is 20.1. The van der Waals surface area contributed by atoms with E-state index >= 15 is 0 Å². The fourth-order valence-electron chi connectivity index (χ4n) is 3.51. The van der Waals surface area contributed by atoms with Gasteiger partial charge in [0, 0.05) is 30.7 Å². The molecule has 30 heavy (non-hydrogen) atoms. The Balaban J connectivity index is 1.44. The molecule has 1 saturated heterocycles. The third-order valence-electron chi connectivity index (χ3n) is 5.17. The number of carbonyl (C=O) groups is 1. The van der Waals surface area contributed by atoms with Gasteiger partial charge in [0.2, 0.25) is 5.95 Å². The number of carbonyl (C=O) groups excluding carboxylic acids is 1. The maximum Gasteiger partial charge on any atom is 0.262 e. The van der Waals surface area contributed by atoms with Crippen LogP contribution in [0.1, 0.15) is 17.7 Å². The summed E-state index contributed by atoms with van der Waals surface area (Å²) >= 11 is 0. The van der Waals surface area contributed by atoms with Crippen molar-refractivity contribution in [3.8, 4) is 5.75 Å². The van der Waals surface area contributed by atoms with Crippen LogP contribution in [0.2, 0.25) is 0 Å². The molecule has 2 aromatic carbocycles. The zero-order chi connectivity index (χ0) is 20.9. The lowest BCUT2D eigenvalue weighted by molar-refractivity contribution is -0.118. The Morgan fingerprint density at radius 3 is 2.77 bits per heavy atom. The molecular weight excluding hydrogens is 378 g/mol. The quantitative estimate of drug-likeness (QED) is 0.679. The summed E-state index contributed by atoms with van der Waals surface area (Å²) in [5.74, 6) is 1.24. The highest BCUT2D eigenvalue weighted by Gasteiger charge is 2.14. The van der Waals surface area contributed by atoms with E-state index in [4.69, 9.17) is 14.7 Å². The second-order valence-electron chi connectivity index (χ2n) is 7.58. The first-order valence-corrected chi connectivity index (χ1v) is 10.3. The third-order valence-corrected chi connectivity index (χ3v) is 5.17. The molecule has 0 atom stereocenters. The molecule has 0 radical (unpaired) electrons. The van der Waals surface area contributed by atoms with Crippen LogP contribution in [0, 0.1) is 13.8 Å². The molecule has 1 aromatic heterocycles. The van der Waals surface area contributed by atoms with E-state index in [0.717, 1.165) is 60.7 Å². The lowest BCUT2D eigenvalue weighted by Crippen LogP contribution is -2.29. The normalized spacial score (nSPS) is 14.4. The number of rotatable bonds is 5. The van der Waals surface area contributed by atoms with Crippen molar-refractivity contribution in [2.45, 2.75) is 20.3 Å². The summed E-state index contributed by atoms with van der Waals surface area (Å²) in [5, 5.41) is 7.23. The number of amides is 1. The predicted molar refractivity (Wildman–Crippen MR) is 119 cm³/mol. The van der Waals surface area contributed by atoms with E-state index in [9.17, 15) is 4.79 Å². The van der Waals surface area contributed by atoms with Crippen LogP contribution in [0.4, 0.5) is 11.6 Å². The molecule has 0 unspecified atom stereocenters. The minimum Gasteiger partial charge on any atom is -0.484 e. The first-order valence-electron chi connectivity index (χ1n) is 10.3. The van der Waals surface area contributed by atoms with Crippen molar-refractivity contribution in [2.75, 3.05) is 43.0 Å². The Bertz CT molecular complexity index is 1030. The van der Waals surface area contributed by atoms with E-state index in [-0.39, 0.29) is 12.5 Å². The van der Waals surface area contributed by atoms with Gasteiger partial charge in [-0.1, -0.05) is 17.7 Å². The Kier molecular flexibility index (Phi) is 6.09. The molecule has 1 aliphatic heterocycles. The topological polar surface area (TPSA) is 79.4 Å². The molecule has 156 valence electrons. The van der Waals surface area contributed by atoms with Crippen LogP contribution in [-0.2, 0) is 4.79 Å². The van der Waals surface area contributed by atoms with Gasteiger partial charge in [0.1, 0.15) is 5.75 Å². The molecule has 7 nitrogen and oxygen atoms in total. The Labute approximate surface area is 176 Å². The fourth-order valence-corrected chi connectivity index (χ4v) is 3.51. The lowest BCUT2D eigenvalue weighted by Gasteiger charge is -2.20. The molecule has 0 saturated carbocycles. The predicted octanol–water partition coefficient (Wildman–Crippen LogP) is 3.06. The molecule has 2 heterocycles. The van der Waals surface area contributed by atoms with E-state index < -0.39 is 0 Å². The summed E-state index contributed by atoms with van der Waals surface area (Å²) in [5.41, 5.74) is 3.64. The summed E-state index contributed by atoms with van der Waals surface area (Å²) in [4.78, 5) is 24.0. The second-order valence-corrected chi connectivity index (χ2v) is 7.58. The van der Waals surface area contributed by atoms with Gasteiger partial charge in [-0.15, -0.1) is 0 Å². The number of ether oxygens (including phenoxy) is 1. The van der Waals surface area contributed by atoms with E-state index in [1.165, 1.54) is 0 Å². The molecule has 1 fully saturated rings. The van der Waals surface area contributed by atoms with Crippen molar-refractivity contribution < 1.29 is 9.53 Å². The van der Waals surface area contributed by atoms with Crippen LogP contribution in [0.5, 0.6) is 5.75 Å². The molecule has 0 spiro atoms. The van der Waals surface area contributed by atoms with Crippen LogP contribution in [0.15, 0.2) is 42.5 Å². The highest BCUT2D eigenvalue weighted by atomic mass is 16.5. The number of anilines is 2. The number of aromatic nitrogens is 2. The Hall–Kier alpha value is -3.19. The fraction of sp³-hybridized carbons (Fsp3) is 0.348. The van der Waals surface area contributed by atoms with Crippen molar-refractivity contribution in [3.63, 3.8) is 0 Å². The summed E-state index contributed by atoms with van der Waals surface area (Å²) < 4.78 is 5.55.